The molecule has 3 fully saturated rings. The Balaban J connectivity index is 1.73. The van der Waals surface area contributed by atoms with E-state index in [1.54, 1.807) is 6.92 Å². The molecule has 6 heteroatoms. The van der Waals surface area contributed by atoms with Crippen molar-refractivity contribution in [2.45, 2.75) is 32.0 Å². The van der Waals surface area contributed by atoms with Crippen LogP contribution in [0.25, 0.3) is 0 Å². The number of carbonyl (C=O) groups is 1. The molecular weight excluding hydrogens is 293 g/mol. The largest absolute Gasteiger partial charge is 0.416 e. The van der Waals surface area contributed by atoms with Crippen LogP contribution in [0.15, 0.2) is 18.2 Å². The van der Waals surface area contributed by atoms with E-state index in [1.165, 1.54) is 6.07 Å². The highest BCUT2D eigenvalue weighted by Gasteiger charge is 2.35. The van der Waals surface area contributed by atoms with Gasteiger partial charge < -0.3 is 10.2 Å². The highest BCUT2D eigenvalue weighted by molar-refractivity contribution is 5.95. The molecule has 1 N–H and O–H groups in total. The lowest BCUT2D eigenvalue weighted by Gasteiger charge is -2.45. The molecule has 2 bridgehead atoms. The third-order valence-electron chi connectivity index (χ3n) is 4.77. The van der Waals surface area contributed by atoms with E-state index in [0.29, 0.717) is 17.0 Å². The van der Waals surface area contributed by atoms with Crippen LogP contribution in [0.5, 0.6) is 0 Å². The van der Waals surface area contributed by atoms with E-state index < -0.39 is 11.7 Å². The fourth-order valence-corrected chi connectivity index (χ4v) is 3.47. The SMILES string of the molecule is Cc1cc(C(F)(F)F)ccc1C(=O)NC1CN2CCC1CC2. The third-order valence-corrected chi connectivity index (χ3v) is 4.77. The molecule has 3 saturated heterocycles. The van der Waals surface area contributed by atoms with Gasteiger partial charge in [-0.05, 0) is 62.5 Å². The molecule has 4 rings (SSSR count). The van der Waals surface area contributed by atoms with Gasteiger partial charge in [0.05, 0.1) is 5.56 Å². The number of hydrogen-bond acceptors (Lipinski definition) is 2. The second kappa shape index (κ2) is 5.57. The van der Waals surface area contributed by atoms with Crippen LogP contribution >= 0.6 is 0 Å². The van der Waals surface area contributed by atoms with Crippen LogP contribution in [0.4, 0.5) is 13.2 Å². The highest BCUT2D eigenvalue weighted by atomic mass is 19.4. The predicted molar refractivity (Wildman–Crippen MR) is 76.6 cm³/mol. The molecule has 120 valence electrons. The number of carbonyl (C=O) groups excluding carboxylic acids is 1. The van der Waals surface area contributed by atoms with Gasteiger partial charge in [0.15, 0.2) is 0 Å². The summed E-state index contributed by atoms with van der Waals surface area (Å²) in [6, 6.07) is 3.38. The number of rotatable bonds is 2. The maximum absolute atomic E-state index is 12.7. The van der Waals surface area contributed by atoms with Crippen LogP contribution < -0.4 is 5.32 Å². The van der Waals surface area contributed by atoms with Gasteiger partial charge in [-0.1, -0.05) is 0 Å². The Morgan fingerprint density at radius 2 is 1.95 bits per heavy atom. The van der Waals surface area contributed by atoms with Crippen LogP contribution in [0, 0.1) is 12.8 Å². The zero-order valence-electron chi connectivity index (χ0n) is 12.4. The van der Waals surface area contributed by atoms with Gasteiger partial charge in [-0.25, -0.2) is 0 Å². The smallest absolute Gasteiger partial charge is 0.348 e. The molecule has 0 spiro atoms. The number of alkyl halides is 3. The monoisotopic (exact) mass is 312 g/mol. The topological polar surface area (TPSA) is 32.3 Å². The molecule has 1 atom stereocenters. The molecule has 0 aliphatic carbocycles. The summed E-state index contributed by atoms with van der Waals surface area (Å²) in [7, 11) is 0. The number of hydrogen-bond donors (Lipinski definition) is 1. The van der Waals surface area contributed by atoms with E-state index in [4.69, 9.17) is 0 Å². The first-order valence-electron chi connectivity index (χ1n) is 7.55. The zero-order chi connectivity index (χ0) is 15.9. The first-order valence-corrected chi connectivity index (χ1v) is 7.55. The first kappa shape index (κ1) is 15.3. The van der Waals surface area contributed by atoms with Crippen LogP contribution in [0.3, 0.4) is 0 Å². The Morgan fingerprint density at radius 1 is 1.27 bits per heavy atom. The fraction of sp³-hybridized carbons (Fsp3) is 0.562. The Hall–Kier alpha value is -1.56. The molecule has 1 amide bonds. The standard InChI is InChI=1S/C16H19F3N2O/c1-10-8-12(16(17,18)19)2-3-13(10)15(22)20-14-9-21-6-4-11(14)5-7-21/h2-3,8,11,14H,4-7,9H2,1H3,(H,20,22). The molecular formula is C16H19F3N2O. The minimum Gasteiger partial charge on any atom is -0.348 e. The summed E-state index contributed by atoms with van der Waals surface area (Å²) in [5.74, 6) is 0.216. The van der Waals surface area contributed by atoms with Gasteiger partial charge in [0.25, 0.3) is 5.91 Å². The summed E-state index contributed by atoms with van der Waals surface area (Å²) >= 11 is 0. The van der Waals surface area contributed by atoms with Crippen molar-refractivity contribution in [3.8, 4) is 0 Å². The maximum atomic E-state index is 12.7. The Morgan fingerprint density at radius 3 is 2.45 bits per heavy atom. The molecule has 3 heterocycles. The van der Waals surface area contributed by atoms with Crippen molar-refractivity contribution in [2.24, 2.45) is 5.92 Å². The molecule has 0 radical (unpaired) electrons. The lowest BCUT2D eigenvalue weighted by molar-refractivity contribution is -0.137. The van der Waals surface area contributed by atoms with Crippen molar-refractivity contribution < 1.29 is 18.0 Å². The summed E-state index contributed by atoms with van der Waals surface area (Å²) in [5, 5.41) is 3.00. The number of fused-ring (bicyclic) bond motifs is 3. The van der Waals surface area contributed by atoms with Gasteiger partial charge in [-0.2, -0.15) is 13.2 Å². The number of amides is 1. The predicted octanol–water partition coefficient (Wildman–Crippen LogP) is 2.84. The third kappa shape index (κ3) is 2.97. The number of nitrogens with one attached hydrogen (secondary N) is 1. The quantitative estimate of drug-likeness (QED) is 0.911. The lowest BCUT2D eigenvalue weighted by atomic mass is 9.84. The van der Waals surface area contributed by atoms with Crippen LogP contribution in [-0.4, -0.2) is 36.5 Å². The minimum atomic E-state index is -4.38. The van der Waals surface area contributed by atoms with Gasteiger partial charge in [-0.15, -0.1) is 0 Å². The normalized spacial score (nSPS) is 27.7. The Bertz CT molecular complexity index is 577. The summed E-state index contributed by atoms with van der Waals surface area (Å²) in [4.78, 5) is 14.7. The first-order chi connectivity index (χ1) is 10.3. The van der Waals surface area contributed by atoms with E-state index in [0.717, 1.165) is 44.6 Å². The number of halogens is 3. The van der Waals surface area contributed by atoms with Crippen molar-refractivity contribution in [2.75, 3.05) is 19.6 Å². The molecule has 3 nitrogen and oxygen atoms in total. The lowest BCUT2D eigenvalue weighted by Crippen LogP contribution is -2.57. The summed E-state index contributed by atoms with van der Waals surface area (Å²) < 4.78 is 38.0. The number of aryl methyl sites for hydroxylation is 1. The molecule has 0 aromatic heterocycles. The number of piperidine rings is 3. The van der Waals surface area contributed by atoms with Crippen LogP contribution in [0.2, 0.25) is 0 Å². The van der Waals surface area contributed by atoms with Crippen molar-refractivity contribution in [1.82, 2.24) is 10.2 Å². The van der Waals surface area contributed by atoms with E-state index >= 15 is 0 Å². The van der Waals surface area contributed by atoms with E-state index in [2.05, 4.69) is 10.2 Å². The molecule has 1 unspecified atom stereocenters. The maximum Gasteiger partial charge on any atom is 0.416 e. The average molecular weight is 312 g/mol. The van der Waals surface area contributed by atoms with Crippen molar-refractivity contribution in [3.63, 3.8) is 0 Å². The van der Waals surface area contributed by atoms with Gasteiger partial charge in [0, 0.05) is 18.2 Å². The average Bonchev–Trinajstić information content (AvgIpc) is 2.47. The van der Waals surface area contributed by atoms with Gasteiger partial charge in [0.1, 0.15) is 0 Å². The Kier molecular flexibility index (Phi) is 3.89. The molecule has 1 aromatic rings. The van der Waals surface area contributed by atoms with E-state index in [9.17, 15) is 18.0 Å². The molecule has 3 aliphatic heterocycles. The van der Waals surface area contributed by atoms with Crippen molar-refractivity contribution in [1.29, 1.82) is 0 Å². The second-order valence-electron chi connectivity index (χ2n) is 6.25. The van der Waals surface area contributed by atoms with E-state index in [1.807, 2.05) is 0 Å². The fourth-order valence-electron chi connectivity index (χ4n) is 3.47. The molecule has 3 aliphatic rings. The van der Waals surface area contributed by atoms with Gasteiger partial charge in [0.2, 0.25) is 0 Å². The van der Waals surface area contributed by atoms with Gasteiger partial charge >= 0.3 is 6.18 Å². The zero-order valence-corrected chi connectivity index (χ0v) is 12.4. The minimum absolute atomic E-state index is 0.108. The number of benzene rings is 1. The highest BCUT2D eigenvalue weighted by Crippen LogP contribution is 2.31. The summed E-state index contributed by atoms with van der Waals surface area (Å²) in [6.07, 6.45) is -2.22. The summed E-state index contributed by atoms with van der Waals surface area (Å²) in [6.45, 7) is 4.55. The Labute approximate surface area is 127 Å². The molecule has 0 saturated carbocycles. The molecule has 22 heavy (non-hydrogen) atoms. The van der Waals surface area contributed by atoms with Crippen LogP contribution in [-0.2, 0) is 6.18 Å². The van der Waals surface area contributed by atoms with Crippen LogP contribution in [0.1, 0.15) is 34.3 Å². The van der Waals surface area contributed by atoms with Gasteiger partial charge in [-0.3, -0.25) is 4.79 Å². The summed E-state index contributed by atoms with van der Waals surface area (Å²) in [5.41, 5.74) is -0.0394. The van der Waals surface area contributed by atoms with Crippen molar-refractivity contribution >= 4 is 5.91 Å². The van der Waals surface area contributed by atoms with Crippen molar-refractivity contribution in [3.05, 3.63) is 34.9 Å². The second-order valence-corrected chi connectivity index (χ2v) is 6.25. The molecule has 1 aromatic carbocycles. The van der Waals surface area contributed by atoms with E-state index in [-0.39, 0.29) is 11.9 Å². The number of nitrogens with zero attached hydrogens (tertiary/aromatic N) is 1.